The molecule has 0 saturated heterocycles. The molecule has 1 heterocycles. The largest absolute Gasteiger partial charge is 0.464 e. The SMILES string of the molecule is CNC(=O)CCn1nnc(C(=O)OC)c1CCOC. The van der Waals surface area contributed by atoms with Crippen LogP contribution in [0.15, 0.2) is 0 Å². The molecule has 0 saturated carbocycles. The van der Waals surface area contributed by atoms with E-state index in [0.29, 0.717) is 25.3 Å². The molecule has 1 N–H and O–H groups in total. The van der Waals surface area contributed by atoms with Crippen LogP contribution in [0.25, 0.3) is 0 Å². The van der Waals surface area contributed by atoms with Gasteiger partial charge in [-0.15, -0.1) is 5.10 Å². The van der Waals surface area contributed by atoms with Crippen molar-refractivity contribution in [2.45, 2.75) is 19.4 Å². The Labute approximate surface area is 111 Å². The molecule has 1 rings (SSSR count). The zero-order chi connectivity index (χ0) is 14.3. The van der Waals surface area contributed by atoms with Crippen LogP contribution in [0.5, 0.6) is 0 Å². The van der Waals surface area contributed by atoms with E-state index in [1.807, 2.05) is 0 Å². The van der Waals surface area contributed by atoms with E-state index in [1.54, 1.807) is 14.2 Å². The summed E-state index contributed by atoms with van der Waals surface area (Å²) >= 11 is 0. The third-order valence-electron chi connectivity index (χ3n) is 2.59. The lowest BCUT2D eigenvalue weighted by molar-refractivity contribution is -0.120. The van der Waals surface area contributed by atoms with Gasteiger partial charge in [-0.2, -0.15) is 0 Å². The average molecular weight is 270 g/mol. The van der Waals surface area contributed by atoms with E-state index in [4.69, 9.17) is 4.74 Å². The molecule has 1 amide bonds. The molecule has 0 aliphatic carbocycles. The number of amides is 1. The molecule has 106 valence electrons. The molecule has 0 bridgehead atoms. The van der Waals surface area contributed by atoms with Crippen LogP contribution in [-0.4, -0.2) is 54.7 Å². The molecule has 19 heavy (non-hydrogen) atoms. The van der Waals surface area contributed by atoms with Gasteiger partial charge in [0.2, 0.25) is 5.91 Å². The monoisotopic (exact) mass is 270 g/mol. The number of aryl methyl sites for hydroxylation is 1. The van der Waals surface area contributed by atoms with Crippen molar-refractivity contribution in [1.29, 1.82) is 0 Å². The molecule has 0 aromatic carbocycles. The van der Waals surface area contributed by atoms with E-state index in [0.717, 1.165) is 0 Å². The normalized spacial score (nSPS) is 10.3. The third-order valence-corrected chi connectivity index (χ3v) is 2.59. The van der Waals surface area contributed by atoms with Crippen molar-refractivity contribution in [1.82, 2.24) is 20.3 Å². The number of rotatable bonds is 7. The minimum Gasteiger partial charge on any atom is -0.464 e. The van der Waals surface area contributed by atoms with Gasteiger partial charge in [0.05, 0.1) is 26.0 Å². The van der Waals surface area contributed by atoms with Crippen molar-refractivity contribution in [3.05, 3.63) is 11.4 Å². The van der Waals surface area contributed by atoms with Crippen LogP contribution < -0.4 is 5.32 Å². The smallest absolute Gasteiger partial charge is 0.360 e. The molecular formula is C11H18N4O4. The van der Waals surface area contributed by atoms with Crippen molar-refractivity contribution >= 4 is 11.9 Å². The summed E-state index contributed by atoms with van der Waals surface area (Å²) in [5, 5.41) is 10.2. The minimum absolute atomic E-state index is 0.104. The van der Waals surface area contributed by atoms with Gasteiger partial charge < -0.3 is 14.8 Å². The Morgan fingerprint density at radius 1 is 1.37 bits per heavy atom. The van der Waals surface area contributed by atoms with E-state index in [9.17, 15) is 9.59 Å². The number of nitrogens with zero attached hydrogens (tertiary/aromatic N) is 3. The number of ether oxygens (including phenoxy) is 2. The van der Waals surface area contributed by atoms with Crippen molar-refractivity contribution in [2.75, 3.05) is 27.9 Å². The fourth-order valence-corrected chi connectivity index (χ4v) is 1.55. The highest BCUT2D eigenvalue weighted by Gasteiger charge is 2.20. The molecule has 1 aromatic rings. The Balaban J connectivity index is 2.87. The molecule has 0 aliphatic heterocycles. The summed E-state index contributed by atoms with van der Waals surface area (Å²) in [4.78, 5) is 22.8. The van der Waals surface area contributed by atoms with Gasteiger partial charge in [0, 0.05) is 27.0 Å². The van der Waals surface area contributed by atoms with Crippen molar-refractivity contribution < 1.29 is 19.1 Å². The summed E-state index contributed by atoms with van der Waals surface area (Å²) in [5.74, 6) is -0.648. The number of methoxy groups -OCH3 is 2. The van der Waals surface area contributed by atoms with E-state index >= 15 is 0 Å². The molecule has 8 nitrogen and oxygen atoms in total. The third kappa shape index (κ3) is 4.02. The standard InChI is InChI=1S/C11H18N4O4/c1-12-9(16)4-6-15-8(5-7-18-2)10(13-14-15)11(17)19-3/h4-7H2,1-3H3,(H,12,16). The second-order valence-corrected chi connectivity index (χ2v) is 3.77. The Bertz CT molecular complexity index is 444. The van der Waals surface area contributed by atoms with Gasteiger partial charge in [-0.3, -0.25) is 4.79 Å². The highest BCUT2D eigenvalue weighted by Crippen LogP contribution is 2.09. The maximum Gasteiger partial charge on any atom is 0.360 e. The molecule has 0 aliphatic rings. The first kappa shape index (κ1) is 15.1. The molecule has 1 aromatic heterocycles. The molecule has 0 spiro atoms. The van der Waals surface area contributed by atoms with Crippen molar-refractivity contribution in [3.8, 4) is 0 Å². The van der Waals surface area contributed by atoms with E-state index in [-0.39, 0.29) is 18.0 Å². The van der Waals surface area contributed by atoms with Crippen LogP contribution in [-0.2, 0) is 27.2 Å². The number of aromatic nitrogens is 3. The van der Waals surface area contributed by atoms with Crippen LogP contribution >= 0.6 is 0 Å². The zero-order valence-corrected chi connectivity index (χ0v) is 11.3. The maximum atomic E-state index is 11.5. The fourth-order valence-electron chi connectivity index (χ4n) is 1.55. The number of carbonyl (C=O) groups excluding carboxylic acids is 2. The molecule has 0 atom stereocenters. The van der Waals surface area contributed by atoms with Gasteiger partial charge in [-0.1, -0.05) is 5.21 Å². The summed E-state index contributed by atoms with van der Waals surface area (Å²) < 4.78 is 11.2. The number of nitrogens with one attached hydrogen (secondary N) is 1. The van der Waals surface area contributed by atoms with Crippen LogP contribution in [0.3, 0.4) is 0 Å². The van der Waals surface area contributed by atoms with Crippen LogP contribution in [0.1, 0.15) is 22.6 Å². The predicted octanol–water partition coefficient (Wildman–Crippen LogP) is -0.610. The Morgan fingerprint density at radius 2 is 2.11 bits per heavy atom. The number of hydrogen-bond acceptors (Lipinski definition) is 6. The minimum atomic E-state index is -0.544. The quantitative estimate of drug-likeness (QED) is 0.664. The number of esters is 1. The molecule has 8 heteroatoms. The maximum absolute atomic E-state index is 11.5. The van der Waals surface area contributed by atoms with Gasteiger partial charge in [-0.25, -0.2) is 9.48 Å². The second kappa shape index (κ2) is 7.47. The summed E-state index contributed by atoms with van der Waals surface area (Å²) in [6, 6.07) is 0. The summed E-state index contributed by atoms with van der Waals surface area (Å²) in [7, 11) is 4.41. The first-order valence-corrected chi connectivity index (χ1v) is 5.84. The van der Waals surface area contributed by atoms with Gasteiger partial charge in [0.25, 0.3) is 0 Å². The van der Waals surface area contributed by atoms with Crippen LogP contribution in [0.4, 0.5) is 0 Å². The lowest BCUT2D eigenvalue weighted by Crippen LogP contribution is -2.21. The Morgan fingerprint density at radius 3 is 2.68 bits per heavy atom. The van der Waals surface area contributed by atoms with Crippen LogP contribution in [0, 0.1) is 0 Å². The Kier molecular flexibility index (Phi) is 5.94. The van der Waals surface area contributed by atoms with E-state index in [1.165, 1.54) is 11.8 Å². The van der Waals surface area contributed by atoms with Gasteiger partial charge in [0.15, 0.2) is 5.69 Å². The summed E-state index contributed by atoms with van der Waals surface area (Å²) in [6.45, 7) is 0.778. The predicted molar refractivity (Wildman–Crippen MR) is 65.6 cm³/mol. The lowest BCUT2D eigenvalue weighted by Gasteiger charge is -2.06. The second-order valence-electron chi connectivity index (χ2n) is 3.77. The van der Waals surface area contributed by atoms with E-state index < -0.39 is 5.97 Å². The molecule has 0 radical (unpaired) electrons. The van der Waals surface area contributed by atoms with Gasteiger partial charge >= 0.3 is 5.97 Å². The highest BCUT2D eigenvalue weighted by atomic mass is 16.5. The highest BCUT2D eigenvalue weighted by molar-refractivity contribution is 5.88. The Hall–Kier alpha value is -1.96. The van der Waals surface area contributed by atoms with Crippen LogP contribution in [0.2, 0.25) is 0 Å². The number of carbonyl (C=O) groups is 2. The molecule has 0 fully saturated rings. The van der Waals surface area contributed by atoms with Crippen molar-refractivity contribution in [3.63, 3.8) is 0 Å². The van der Waals surface area contributed by atoms with Gasteiger partial charge in [-0.05, 0) is 0 Å². The van der Waals surface area contributed by atoms with Crippen molar-refractivity contribution in [2.24, 2.45) is 0 Å². The zero-order valence-electron chi connectivity index (χ0n) is 11.3. The molecule has 0 unspecified atom stereocenters. The lowest BCUT2D eigenvalue weighted by atomic mass is 10.2. The summed E-state index contributed by atoms with van der Waals surface area (Å²) in [6.07, 6.45) is 0.738. The average Bonchev–Trinajstić information content (AvgIpc) is 2.84. The summed E-state index contributed by atoms with van der Waals surface area (Å²) in [5.41, 5.74) is 0.772. The van der Waals surface area contributed by atoms with Gasteiger partial charge in [0.1, 0.15) is 0 Å². The first-order valence-electron chi connectivity index (χ1n) is 5.84. The molecular weight excluding hydrogens is 252 g/mol. The topological polar surface area (TPSA) is 95.3 Å². The number of hydrogen-bond donors (Lipinski definition) is 1. The fraction of sp³-hybridized carbons (Fsp3) is 0.636. The van der Waals surface area contributed by atoms with E-state index in [2.05, 4.69) is 20.4 Å². The first-order chi connectivity index (χ1) is 9.13.